The zero-order valence-electron chi connectivity index (χ0n) is 13.1. The molecule has 1 atom stereocenters. The predicted molar refractivity (Wildman–Crippen MR) is 83.6 cm³/mol. The molecule has 1 spiro atoms. The molecule has 0 aliphatic carbocycles. The fraction of sp³-hybridized carbons (Fsp3) is 0.588. The Hall–Kier alpha value is -1.55. The second-order valence-corrected chi connectivity index (χ2v) is 6.50. The number of rotatable bonds is 4. The Bertz CT molecular complexity index is 524. The lowest BCUT2D eigenvalue weighted by molar-refractivity contribution is -0.0104. The van der Waals surface area contributed by atoms with Crippen LogP contribution in [0, 0.1) is 5.92 Å². The van der Waals surface area contributed by atoms with Gasteiger partial charge in [0.05, 0.1) is 12.8 Å². The van der Waals surface area contributed by atoms with E-state index in [0.29, 0.717) is 5.92 Å². The average Bonchev–Trinajstić information content (AvgIpc) is 3.08. The van der Waals surface area contributed by atoms with Gasteiger partial charge in [0.15, 0.2) is 5.60 Å². The summed E-state index contributed by atoms with van der Waals surface area (Å²) >= 11 is 0. The van der Waals surface area contributed by atoms with Gasteiger partial charge >= 0.3 is 0 Å². The van der Waals surface area contributed by atoms with Gasteiger partial charge in [-0.1, -0.05) is 31.1 Å². The summed E-state index contributed by atoms with van der Waals surface area (Å²) in [4.78, 5) is 8.27. The molecule has 1 aromatic carbocycles. The molecule has 2 heterocycles. The third-order valence-corrected chi connectivity index (χ3v) is 4.49. The molecule has 0 N–H and O–H groups in total. The van der Waals surface area contributed by atoms with Crippen molar-refractivity contribution >= 4 is 5.71 Å². The summed E-state index contributed by atoms with van der Waals surface area (Å²) < 4.78 is 5.20. The van der Waals surface area contributed by atoms with Crippen molar-refractivity contribution in [3.05, 3.63) is 29.8 Å². The van der Waals surface area contributed by atoms with Crippen LogP contribution in [0.15, 0.2) is 29.4 Å². The minimum absolute atomic E-state index is 0.0634. The van der Waals surface area contributed by atoms with E-state index in [-0.39, 0.29) is 5.60 Å². The van der Waals surface area contributed by atoms with Crippen LogP contribution in [-0.2, 0) is 11.4 Å². The third-order valence-electron chi connectivity index (χ3n) is 4.49. The molecule has 2 aliphatic heterocycles. The van der Waals surface area contributed by atoms with Crippen molar-refractivity contribution in [1.29, 1.82) is 0 Å². The highest BCUT2D eigenvalue weighted by Crippen LogP contribution is 2.35. The summed E-state index contributed by atoms with van der Waals surface area (Å²) in [5, 5.41) is 4.31. The van der Waals surface area contributed by atoms with Crippen molar-refractivity contribution in [2.75, 3.05) is 20.2 Å². The van der Waals surface area contributed by atoms with E-state index in [1.165, 1.54) is 11.3 Å². The fourth-order valence-corrected chi connectivity index (χ4v) is 3.13. The highest BCUT2D eigenvalue weighted by Gasteiger charge is 2.45. The molecule has 1 saturated heterocycles. The first-order valence-electron chi connectivity index (χ1n) is 7.70. The summed E-state index contributed by atoms with van der Waals surface area (Å²) in [6.07, 6.45) is 2.06. The first kappa shape index (κ1) is 14.4. The van der Waals surface area contributed by atoms with Gasteiger partial charge in [-0.3, -0.25) is 4.90 Å². The van der Waals surface area contributed by atoms with Crippen molar-refractivity contribution in [3.8, 4) is 5.75 Å². The van der Waals surface area contributed by atoms with Gasteiger partial charge in [-0.2, -0.15) is 0 Å². The maximum absolute atomic E-state index is 5.81. The monoisotopic (exact) mass is 288 g/mol. The third kappa shape index (κ3) is 3.05. The fourth-order valence-electron chi connectivity index (χ4n) is 3.13. The van der Waals surface area contributed by atoms with E-state index in [0.717, 1.165) is 38.2 Å². The molecule has 0 amide bonds. The number of benzene rings is 1. The van der Waals surface area contributed by atoms with Gasteiger partial charge in [0.2, 0.25) is 0 Å². The lowest BCUT2D eigenvalue weighted by atomic mass is 9.92. The smallest absolute Gasteiger partial charge is 0.156 e. The van der Waals surface area contributed by atoms with Crippen LogP contribution in [0.3, 0.4) is 0 Å². The van der Waals surface area contributed by atoms with Crippen LogP contribution >= 0.6 is 0 Å². The van der Waals surface area contributed by atoms with Crippen molar-refractivity contribution < 1.29 is 9.57 Å². The second-order valence-electron chi connectivity index (χ2n) is 6.50. The molecule has 4 nitrogen and oxygen atoms in total. The molecule has 2 aliphatic rings. The maximum atomic E-state index is 5.81. The second kappa shape index (κ2) is 5.68. The molecular weight excluding hydrogens is 264 g/mol. The Morgan fingerprint density at radius 1 is 1.33 bits per heavy atom. The molecule has 1 fully saturated rings. The Labute approximate surface area is 126 Å². The Kier molecular flexibility index (Phi) is 3.89. The average molecular weight is 288 g/mol. The van der Waals surface area contributed by atoms with Crippen molar-refractivity contribution in [1.82, 2.24) is 4.90 Å². The van der Waals surface area contributed by atoms with Crippen molar-refractivity contribution in [2.24, 2.45) is 11.1 Å². The number of hydrogen-bond acceptors (Lipinski definition) is 4. The summed E-state index contributed by atoms with van der Waals surface area (Å²) in [6.45, 7) is 7.38. The van der Waals surface area contributed by atoms with Gasteiger partial charge in [0, 0.05) is 32.5 Å². The number of hydrogen-bond donors (Lipinski definition) is 0. The van der Waals surface area contributed by atoms with Gasteiger partial charge in [-0.05, 0) is 23.6 Å². The van der Waals surface area contributed by atoms with E-state index < -0.39 is 0 Å². The van der Waals surface area contributed by atoms with Crippen LogP contribution in [0.2, 0.25) is 0 Å². The summed E-state index contributed by atoms with van der Waals surface area (Å²) in [7, 11) is 1.70. The van der Waals surface area contributed by atoms with Crippen LogP contribution in [-0.4, -0.2) is 36.4 Å². The van der Waals surface area contributed by atoms with Crippen LogP contribution in [0.5, 0.6) is 5.75 Å². The molecule has 0 bridgehead atoms. The minimum Gasteiger partial charge on any atom is -0.497 e. The number of likely N-dealkylation sites (tertiary alicyclic amines) is 1. The Morgan fingerprint density at radius 3 is 2.71 bits per heavy atom. The van der Waals surface area contributed by atoms with Gasteiger partial charge in [-0.15, -0.1) is 0 Å². The molecular formula is C17H24N2O2. The molecule has 114 valence electrons. The van der Waals surface area contributed by atoms with Crippen LogP contribution in [0.4, 0.5) is 0 Å². The zero-order chi connectivity index (χ0) is 14.9. The summed E-state index contributed by atoms with van der Waals surface area (Å²) in [5.41, 5.74) is 2.46. The number of nitrogens with zero attached hydrogens (tertiary/aromatic N) is 2. The number of methoxy groups -OCH3 is 1. The zero-order valence-corrected chi connectivity index (χ0v) is 13.1. The van der Waals surface area contributed by atoms with E-state index in [2.05, 4.69) is 36.0 Å². The standard InChI is InChI=1S/C17H24N2O2/c1-13(2)16-10-17(21-18-16)8-9-19(12-17)11-14-4-6-15(20-3)7-5-14/h4-7,13H,8-12H2,1-3H3. The lowest BCUT2D eigenvalue weighted by Gasteiger charge is -2.22. The van der Waals surface area contributed by atoms with E-state index in [1.54, 1.807) is 7.11 Å². The van der Waals surface area contributed by atoms with Crippen molar-refractivity contribution in [3.63, 3.8) is 0 Å². The highest BCUT2D eigenvalue weighted by atomic mass is 16.7. The Morgan fingerprint density at radius 2 is 2.10 bits per heavy atom. The molecule has 21 heavy (non-hydrogen) atoms. The quantitative estimate of drug-likeness (QED) is 0.854. The predicted octanol–water partition coefficient (Wildman–Crippen LogP) is 3.07. The molecule has 0 saturated carbocycles. The van der Waals surface area contributed by atoms with Gasteiger partial charge in [0.25, 0.3) is 0 Å². The maximum Gasteiger partial charge on any atom is 0.156 e. The molecule has 0 radical (unpaired) electrons. The van der Waals surface area contributed by atoms with Crippen molar-refractivity contribution in [2.45, 2.75) is 38.8 Å². The molecule has 3 rings (SSSR count). The SMILES string of the molecule is COc1ccc(CN2CCC3(CC(C(C)C)=NO3)C2)cc1. The molecule has 4 heteroatoms. The van der Waals surface area contributed by atoms with E-state index >= 15 is 0 Å². The highest BCUT2D eigenvalue weighted by molar-refractivity contribution is 5.87. The van der Waals surface area contributed by atoms with Crippen LogP contribution < -0.4 is 4.74 Å². The largest absolute Gasteiger partial charge is 0.497 e. The van der Waals surface area contributed by atoms with E-state index in [4.69, 9.17) is 9.57 Å². The van der Waals surface area contributed by atoms with E-state index in [9.17, 15) is 0 Å². The Balaban J connectivity index is 1.58. The van der Waals surface area contributed by atoms with Gasteiger partial charge in [-0.25, -0.2) is 0 Å². The van der Waals surface area contributed by atoms with Crippen LogP contribution in [0.25, 0.3) is 0 Å². The topological polar surface area (TPSA) is 34.1 Å². The summed E-state index contributed by atoms with van der Waals surface area (Å²) in [6, 6.07) is 8.31. The van der Waals surface area contributed by atoms with Gasteiger partial charge < -0.3 is 9.57 Å². The van der Waals surface area contributed by atoms with Gasteiger partial charge in [0.1, 0.15) is 5.75 Å². The molecule has 1 unspecified atom stereocenters. The lowest BCUT2D eigenvalue weighted by Crippen LogP contribution is -2.33. The molecule has 1 aromatic rings. The summed E-state index contributed by atoms with van der Waals surface area (Å²) in [5.74, 6) is 1.39. The van der Waals surface area contributed by atoms with Crippen LogP contribution in [0.1, 0.15) is 32.3 Å². The normalized spacial score (nSPS) is 25.4. The van der Waals surface area contributed by atoms with E-state index in [1.807, 2.05) is 12.1 Å². The number of ether oxygens (including phenoxy) is 1. The minimum atomic E-state index is -0.0634. The first-order valence-corrected chi connectivity index (χ1v) is 7.70. The first-order chi connectivity index (χ1) is 10.1. The molecule has 0 aromatic heterocycles. The number of oxime groups is 1.